The number of halogens is 3. The highest BCUT2D eigenvalue weighted by atomic mass is 127. The Hall–Kier alpha value is -1.74. The highest BCUT2D eigenvalue weighted by Crippen LogP contribution is 2.34. The van der Waals surface area contributed by atoms with Crippen LogP contribution in [0.1, 0.15) is 24.0 Å². The van der Waals surface area contributed by atoms with Crippen molar-refractivity contribution in [2.45, 2.75) is 24.7 Å². The molecule has 2 aromatic carbocycles. The summed E-state index contributed by atoms with van der Waals surface area (Å²) >= 11 is 0. The zero-order valence-corrected chi connectivity index (χ0v) is 18.9. The van der Waals surface area contributed by atoms with Crippen LogP contribution in [0.25, 0.3) is 0 Å². The second kappa shape index (κ2) is 11.4. The predicted octanol–water partition coefficient (Wildman–Crippen LogP) is 4.04. The number of nitrogens with zero attached hydrogens (tertiary/aromatic N) is 1. The molecule has 158 valence electrons. The van der Waals surface area contributed by atoms with E-state index in [-0.39, 0.29) is 41.0 Å². The first-order valence-corrected chi connectivity index (χ1v) is 9.65. The lowest BCUT2D eigenvalue weighted by Gasteiger charge is -2.38. The largest absolute Gasteiger partial charge is 0.381 e. The molecule has 29 heavy (non-hydrogen) atoms. The van der Waals surface area contributed by atoms with Gasteiger partial charge in [0.15, 0.2) is 5.96 Å². The minimum Gasteiger partial charge on any atom is -0.381 e. The Morgan fingerprint density at radius 1 is 1.03 bits per heavy atom. The van der Waals surface area contributed by atoms with Gasteiger partial charge in [-0.25, -0.2) is 8.78 Å². The Labute approximate surface area is 188 Å². The Morgan fingerprint density at radius 3 is 2.38 bits per heavy atom. The van der Waals surface area contributed by atoms with Crippen LogP contribution in [0.2, 0.25) is 0 Å². The molecule has 0 spiro atoms. The van der Waals surface area contributed by atoms with Crippen molar-refractivity contribution in [3.8, 4) is 0 Å². The quantitative estimate of drug-likeness (QED) is 0.347. The van der Waals surface area contributed by atoms with Gasteiger partial charge in [-0.3, -0.25) is 4.99 Å². The van der Waals surface area contributed by atoms with Crippen molar-refractivity contribution in [2.75, 3.05) is 33.4 Å². The third-order valence-electron chi connectivity index (χ3n) is 5.37. The molecule has 0 aliphatic carbocycles. The van der Waals surface area contributed by atoms with Gasteiger partial charge in [0, 0.05) is 38.8 Å². The zero-order valence-electron chi connectivity index (χ0n) is 16.6. The van der Waals surface area contributed by atoms with Crippen LogP contribution in [-0.2, 0) is 16.6 Å². The number of hydrogen-bond acceptors (Lipinski definition) is 2. The maximum atomic E-state index is 13.7. The number of ether oxygens (including phenoxy) is 1. The van der Waals surface area contributed by atoms with Gasteiger partial charge in [0.25, 0.3) is 0 Å². The van der Waals surface area contributed by atoms with Crippen LogP contribution in [0, 0.1) is 11.6 Å². The van der Waals surface area contributed by atoms with Crippen molar-refractivity contribution in [3.63, 3.8) is 0 Å². The van der Waals surface area contributed by atoms with Gasteiger partial charge in [0.2, 0.25) is 0 Å². The smallest absolute Gasteiger partial charge is 0.191 e. The molecular formula is C22H28F2IN3O. The van der Waals surface area contributed by atoms with Crippen LogP contribution in [0.3, 0.4) is 0 Å². The fraction of sp³-hybridized carbons (Fsp3) is 0.409. The molecule has 0 aromatic heterocycles. The minimum atomic E-state index is -0.232. The molecule has 1 saturated heterocycles. The molecule has 1 aliphatic rings. The molecule has 2 aromatic rings. The van der Waals surface area contributed by atoms with E-state index in [0.29, 0.717) is 44.2 Å². The average molecular weight is 515 g/mol. The lowest BCUT2D eigenvalue weighted by Crippen LogP contribution is -2.48. The third kappa shape index (κ3) is 6.37. The molecule has 0 radical (unpaired) electrons. The number of guanidine groups is 1. The van der Waals surface area contributed by atoms with Gasteiger partial charge in [-0.05, 0) is 48.6 Å². The van der Waals surface area contributed by atoms with Gasteiger partial charge in [-0.15, -0.1) is 24.0 Å². The first-order chi connectivity index (χ1) is 13.6. The predicted molar refractivity (Wildman–Crippen MR) is 123 cm³/mol. The number of rotatable bonds is 6. The van der Waals surface area contributed by atoms with Crippen LogP contribution < -0.4 is 10.6 Å². The number of benzene rings is 2. The molecule has 0 atom stereocenters. The van der Waals surface area contributed by atoms with E-state index in [2.05, 4.69) is 15.6 Å². The summed E-state index contributed by atoms with van der Waals surface area (Å²) in [5, 5.41) is 6.63. The Balaban J connectivity index is 0.00000300. The summed E-state index contributed by atoms with van der Waals surface area (Å²) in [6, 6.07) is 13.5. The van der Waals surface area contributed by atoms with Crippen molar-refractivity contribution in [1.82, 2.24) is 10.6 Å². The summed E-state index contributed by atoms with van der Waals surface area (Å²) in [5.74, 6) is 0.249. The molecule has 0 saturated carbocycles. The molecule has 0 bridgehead atoms. The van der Waals surface area contributed by atoms with Crippen molar-refractivity contribution >= 4 is 29.9 Å². The van der Waals surface area contributed by atoms with E-state index in [1.807, 2.05) is 18.2 Å². The summed E-state index contributed by atoms with van der Waals surface area (Å²) in [7, 11) is 1.72. The average Bonchev–Trinajstić information content (AvgIpc) is 2.73. The Morgan fingerprint density at radius 2 is 1.72 bits per heavy atom. The fourth-order valence-corrected chi connectivity index (χ4v) is 3.62. The van der Waals surface area contributed by atoms with Gasteiger partial charge in [0.1, 0.15) is 11.6 Å². The second-order valence-electron chi connectivity index (χ2n) is 7.09. The third-order valence-corrected chi connectivity index (χ3v) is 5.37. The zero-order chi connectivity index (χ0) is 19.8. The van der Waals surface area contributed by atoms with E-state index in [1.54, 1.807) is 19.2 Å². The molecule has 7 heteroatoms. The van der Waals surface area contributed by atoms with Gasteiger partial charge in [0.05, 0.1) is 0 Å². The lowest BCUT2D eigenvalue weighted by atomic mass is 9.74. The number of nitrogens with one attached hydrogen (secondary N) is 2. The molecule has 2 N–H and O–H groups in total. The van der Waals surface area contributed by atoms with Crippen LogP contribution >= 0.6 is 24.0 Å². The summed E-state index contributed by atoms with van der Waals surface area (Å²) in [4.78, 5) is 4.27. The molecule has 0 unspecified atom stereocenters. The van der Waals surface area contributed by atoms with Crippen molar-refractivity contribution in [2.24, 2.45) is 4.99 Å². The maximum absolute atomic E-state index is 13.7. The van der Waals surface area contributed by atoms with Crippen molar-refractivity contribution < 1.29 is 13.5 Å². The van der Waals surface area contributed by atoms with Gasteiger partial charge in [-0.2, -0.15) is 0 Å². The van der Waals surface area contributed by atoms with Gasteiger partial charge in [-0.1, -0.05) is 30.3 Å². The summed E-state index contributed by atoms with van der Waals surface area (Å²) < 4.78 is 32.6. The molecule has 1 heterocycles. The van der Waals surface area contributed by atoms with E-state index in [1.165, 1.54) is 18.2 Å². The van der Waals surface area contributed by atoms with Crippen LogP contribution in [0.15, 0.2) is 53.5 Å². The molecule has 0 amide bonds. The standard InChI is InChI=1S/C22H27F2N3O.HI/c1-25-21(26-13-10-17-4-2-3-5-20(17)24)27-16-22(11-14-28-15-12-22)18-6-8-19(23)9-7-18;/h2-9H,10-16H2,1H3,(H2,25,26,27);1H. The summed E-state index contributed by atoms with van der Waals surface area (Å²) in [6.45, 7) is 2.60. The van der Waals surface area contributed by atoms with E-state index in [0.717, 1.165) is 18.4 Å². The SMILES string of the molecule is CN=C(NCCc1ccccc1F)NCC1(c2ccc(F)cc2)CCOCC1.I. The summed E-state index contributed by atoms with van der Waals surface area (Å²) in [5.41, 5.74) is 1.65. The van der Waals surface area contributed by atoms with E-state index < -0.39 is 0 Å². The van der Waals surface area contributed by atoms with E-state index in [4.69, 9.17) is 4.74 Å². The molecule has 4 nitrogen and oxygen atoms in total. The van der Waals surface area contributed by atoms with Crippen molar-refractivity contribution in [1.29, 1.82) is 0 Å². The highest BCUT2D eigenvalue weighted by molar-refractivity contribution is 14.0. The lowest BCUT2D eigenvalue weighted by molar-refractivity contribution is 0.0513. The monoisotopic (exact) mass is 515 g/mol. The topological polar surface area (TPSA) is 45.7 Å². The maximum Gasteiger partial charge on any atom is 0.191 e. The van der Waals surface area contributed by atoms with E-state index >= 15 is 0 Å². The molecule has 1 aliphatic heterocycles. The van der Waals surface area contributed by atoms with Gasteiger partial charge < -0.3 is 15.4 Å². The van der Waals surface area contributed by atoms with Gasteiger partial charge >= 0.3 is 0 Å². The number of hydrogen-bond donors (Lipinski definition) is 2. The molecule has 3 rings (SSSR count). The van der Waals surface area contributed by atoms with Crippen LogP contribution in [0.4, 0.5) is 8.78 Å². The van der Waals surface area contributed by atoms with Crippen LogP contribution in [0.5, 0.6) is 0 Å². The number of aliphatic imine (C=N–C) groups is 1. The first kappa shape index (κ1) is 23.5. The van der Waals surface area contributed by atoms with Crippen LogP contribution in [-0.4, -0.2) is 39.3 Å². The second-order valence-corrected chi connectivity index (χ2v) is 7.09. The normalized spacial score (nSPS) is 16.0. The molecular weight excluding hydrogens is 487 g/mol. The first-order valence-electron chi connectivity index (χ1n) is 9.65. The van der Waals surface area contributed by atoms with Crippen molar-refractivity contribution in [3.05, 3.63) is 71.3 Å². The van der Waals surface area contributed by atoms with E-state index in [9.17, 15) is 8.78 Å². The Kier molecular flexibility index (Phi) is 9.29. The minimum absolute atomic E-state index is 0. The molecule has 1 fully saturated rings. The highest BCUT2D eigenvalue weighted by Gasteiger charge is 2.34. The Bertz CT molecular complexity index is 793. The fourth-order valence-electron chi connectivity index (χ4n) is 3.62. The summed E-state index contributed by atoms with van der Waals surface area (Å²) in [6.07, 6.45) is 2.29.